The molecule has 13 nitrogen and oxygen atoms in total. The highest BCUT2D eigenvalue weighted by atomic mass is 16.6. The predicted molar refractivity (Wildman–Crippen MR) is 174 cm³/mol. The first-order valence-corrected chi connectivity index (χ1v) is 17.0. The third-order valence-corrected chi connectivity index (χ3v) is 9.00. The summed E-state index contributed by atoms with van der Waals surface area (Å²) in [5.41, 5.74) is -2.22. The molecule has 2 fully saturated rings. The van der Waals surface area contributed by atoms with Crippen LogP contribution in [0.4, 0.5) is 0 Å². The summed E-state index contributed by atoms with van der Waals surface area (Å²) in [6.45, 7) is 18.0. The summed E-state index contributed by atoms with van der Waals surface area (Å²) < 4.78 is 22.4. The van der Waals surface area contributed by atoms with Gasteiger partial charge in [-0.15, -0.1) is 0 Å². The molecule has 0 bridgehead atoms. The van der Waals surface area contributed by atoms with Gasteiger partial charge in [0.15, 0.2) is 0 Å². The molecule has 2 aliphatic rings. The molecule has 270 valence electrons. The molecule has 1 saturated heterocycles. The minimum Gasteiger partial charge on any atom is -0.481 e. The zero-order valence-corrected chi connectivity index (χ0v) is 29.8. The molecule has 1 saturated carbocycles. The summed E-state index contributed by atoms with van der Waals surface area (Å²) >= 11 is 0. The second-order valence-electron chi connectivity index (χ2n) is 15.0. The Labute approximate surface area is 280 Å². The van der Waals surface area contributed by atoms with Gasteiger partial charge in [0.05, 0.1) is 19.0 Å². The first-order valence-electron chi connectivity index (χ1n) is 17.0. The SMILES string of the molecule is CCC(CN1CCN(CC(=O)OC(C)(C)C)CC(C2CCC(C(=O)O)CC2)(N(CC(=O)OC(C)(C)C)CC(CC)OC=O)C1)OC=O. The average Bonchev–Trinajstić information content (AvgIpc) is 3.14. The lowest BCUT2D eigenvalue weighted by molar-refractivity contribution is -0.163. The molecule has 3 unspecified atom stereocenters. The van der Waals surface area contributed by atoms with Gasteiger partial charge in [-0.2, -0.15) is 0 Å². The zero-order valence-electron chi connectivity index (χ0n) is 29.8. The second-order valence-corrected chi connectivity index (χ2v) is 15.0. The van der Waals surface area contributed by atoms with Crippen molar-refractivity contribution in [2.24, 2.45) is 11.8 Å². The van der Waals surface area contributed by atoms with Gasteiger partial charge in [0, 0.05) is 44.8 Å². The van der Waals surface area contributed by atoms with Crippen LogP contribution in [0.5, 0.6) is 0 Å². The molecular formula is C34H59N3O10. The van der Waals surface area contributed by atoms with Crippen LogP contribution in [0.25, 0.3) is 0 Å². The minimum atomic E-state index is -0.820. The maximum absolute atomic E-state index is 13.6. The van der Waals surface area contributed by atoms with Crippen molar-refractivity contribution >= 4 is 30.9 Å². The number of carbonyl (C=O) groups is 5. The van der Waals surface area contributed by atoms with Gasteiger partial charge < -0.3 is 24.1 Å². The van der Waals surface area contributed by atoms with Crippen molar-refractivity contribution in [3.63, 3.8) is 0 Å². The van der Waals surface area contributed by atoms with Crippen LogP contribution in [0.2, 0.25) is 0 Å². The molecule has 1 aliphatic heterocycles. The van der Waals surface area contributed by atoms with E-state index >= 15 is 0 Å². The smallest absolute Gasteiger partial charge is 0.320 e. The third-order valence-electron chi connectivity index (χ3n) is 9.00. The van der Waals surface area contributed by atoms with Gasteiger partial charge in [-0.1, -0.05) is 13.8 Å². The molecule has 0 amide bonds. The highest BCUT2D eigenvalue weighted by molar-refractivity contribution is 5.73. The van der Waals surface area contributed by atoms with E-state index in [1.807, 2.05) is 44.4 Å². The van der Waals surface area contributed by atoms with Crippen LogP contribution in [-0.4, -0.2) is 132 Å². The van der Waals surface area contributed by atoms with Gasteiger partial charge in [-0.25, -0.2) is 0 Å². The Balaban J connectivity index is 2.72. The Hall–Kier alpha value is -2.77. The Kier molecular flexibility index (Phi) is 15.6. The van der Waals surface area contributed by atoms with E-state index in [0.717, 1.165) is 0 Å². The number of carboxylic acid groups (broad SMARTS) is 1. The van der Waals surface area contributed by atoms with E-state index in [-0.39, 0.29) is 37.6 Å². The monoisotopic (exact) mass is 669 g/mol. The van der Waals surface area contributed by atoms with Crippen molar-refractivity contribution in [1.29, 1.82) is 0 Å². The van der Waals surface area contributed by atoms with Crippen LogP contribution < -0.4 is 0 Å². The lowest BCUT2D eigenvalue weighted by atomic mass is 9.70. The summed E-state index contributed by atoms with van der Waals surface area (Å²) in [5.74, 6) is -2.18. The topological polar surface area (TPSA) is 152 Å². The summed E-state index contributed by atoms with van der Waals surface area (Å²) in [5, 5.41) is 9.81. The highest BCUT2D eigenvalue weighted by Gasteiger charge is 2.50. The second kappa shape index (κ2) is 18.1. The van der Waals surface area contributed by atoms with Crippen LogP contribution in [0.15, 0.2) is 0 Å². The first-order chi connectivity index (χ1) is 21.9. The number of esters is 2. The molecule has 3 atom stereocenters. The normalized spacial score (nSPS) is 24.4. The fourth-order valence-corrected chi connectivity index (χ4v) is 6.87. The number of hydrogen-bond donors (Lipinski definition) is 1. The summed E-state index contributed by atoms with van der Waals surface area (Å²) in [6, 6.07) is 0. The number of aliphatic carboxylic acids is 1. The van der Waals surface area contributed by atoms with Crippen LogP contribution in [0.1, 0.15) is 93.9 Å². The van der Waals surface area contributed by atoms with Crippen LogP contribution >= 0.6 is 0 Å². The Morgan fingerprint density at radius 1 is 0.830 bits per heavy atom. The average molecular weight is 670 g/mol. The maximum Gasteiger partial charge on any atom is 0.320 e. The van der Waals surface area contributed by atoms with Gasteiger partial charge in [0.25, 0.3) is 12.9 Å². The first kappa shape index (κ1) is 40.4. The Morgan fingerprint density at radius 3 is 1.85 bits per heavy atom. The number of rotatable bonds is 17. The Morgan fingerprint density at radius 2 is 1.34 bits per heavy atom. The molecule has 0 aromatic heterocycles. The number of carbonyl (C=O) groups excluding carboxylic acids is 4. The molecule has 0 aromatic carbocycles. The largest absolute Gasteiger partial charge is 0.481 e. The third kappa shape index (κ3) is 13.3. The number of ether oxygens (including phenoxy) is 4. The van der Waals surface area contributed by atoms with E-state index < -0.39 is 40.7 Å². The molecule has 47 heavy (non-hydrogen) atoms. The Bertz CT molecular complexity index is 1030. The maximum atomic E-state index is 13.6. The molecule has 13 heteroatoms. The van der Waals surface area contributed by atoms with Gasteiger partial charge in [-0.05, 0) is 86.0 Å². The van der Waals surface area contributed by atoms with E-state index in [0.29, 0.717) is 84.2 Å². The molecule has 0 spiro atoms. The van der Waals surface area contributed by atoms with Crippen molar-refractivity contribution in [3.05, 3.63) is 0 Å². The molecule has 1 N–H and O–H groups in total. The molecule has 1 aliphatic carbocycles. The highest BCUT2D eigenvalue weighted by Crippen LogP contribution is 2.41. The summed E-state index contributed by atoms with van der Waals surface area (Å²) in [4.78, 5) is 67.9. The summed E-state index contributed by atoms with van der Waals surface area (Å²) in [7, 11) is 0. The van der Waals surface area contributed by atoms with Gasteiger partial charge in [0.1, 0.15) is 23.4 Å². The van der Waals surface area contributed by atoms with E-state index in [2.05, 4.69) is 4.90 Å². The zero-order chi connectivity index (χ0) is 35.4. The number of carboxylic acids is 1. The van der Waals surface area contributed by atoms with Gasteiger partial charge in [0.2, 0.25) is 0 Å². The fourth-order valence-electron chi connectivity index (χ4n) is 6.87. The standard InChI is InChI=1S/C34H59N3O10/c1-9-27(44-23-38)17-35-15-16-36(19-29(40)46-32(3,4)5)22-34(21-35,26-13-11-25(12-14-26)31(42)43)37(18-28(10-2)45-24-39)20-30(41)47-33(6,7)8/h23-28H,9-22H2,1-8H3,(H,42,43). The van der Waals surface area contributed by atoms with Crippen molar-refractivity contribution in [1.82, 2.24) is 14.7 Å². The number of nitrogens with zero attached hydrogens (tertiary/aromatic N) is 3. The van der Waals surface area contributed by atoms with Crippen molar-refractivity contribution in [3.8, 4) is 0 Å². The molecule has 2 rings (SSSR count). The molecule has 0 aromatic rings. The quantitative estimate of drug-likeness (QED) is 0.137. The van der Waals surface area contributed by atoms with E-state index in [9.17, 15) is 29.1 Å². The molecule has 1 heterocycles. The molecular weight excluding hydrogens is 610 g/mol. The van der Waals surface area contributed by atoms with E-state index in [1.165, 1.54) is 0 Å². The van der Waals surface area contributed by atoms with Crippen molar-refractivity contribution < 1.29 is 48.0 Å². The van der Waals surface area contributed by atoms with E-state index in [1.54, 1.807) is 20.8 Å². The minimum absolute atomic E-state index is 0.0156. The molecule has 0 radical (unpaired) electrons. The van der Waals surface area contributed by atoms with Gasteiger partial charge in [-0.3, -0.25) is 38.7 Å². The number of hydrogen-bond acceptors (Lipinski definition) is 12. The van der Waals surface area contributed by atoms with Crippen molar-refractivity contribution in [2.45, 2.75) is 123 Å². The van der Waals surface area contributed by atoms with Crippen LogP contribution in [-0.2, 0) is 42.9 Å². The van der Waals surface area contributed by atoms with Crippen LogP contribution in [0.3, 0.4) is 0 Å². The lowest BCUT2D eigenvalue weighted by Gasteiger charge is -2.53. The fraction of sp³-hybridized carbons (Fsp3) is 0.853. The van der Waals surface area contributed by atoms with E-state index in [4.69, 9.17) is 18.9 Å². The van der Waals surface area contributed by atoms with Gasteiger partial charge >= 0.3 is 17.9 Å². The lowest BCUT2D eigenvalue weighted by Crippen LogP contribution is -2.66. The predicted octanol–water partition coefficient (Wildman–Crippen LogP) is 3.12. The van der Waals surface area contributed by atoms with Crippen molar-refractivity contribution in [2.75, 3.05) is 52.4 Å². The van der Waals surface area contributed by atoms with Crippen LogP contribution in [0, 0.1) is 11.8 Å². The summed E-state index contributed by atoms with van der Waals surface area (Å²) in [6.07, 6.45) is 2.32.